The van der Waals surface area contributed by atoms with Crippen LogP contribution in [-0.4, -0.2) is 56.0 Å². The molecule has 0 aliphatic heterocycles. The highest BCUT2D eigenvalue weighted by atomic mass is 16.6. The van der Waals surface area contributed by atoms with Crippen LogP contribution in [0.3, 0.4) is 0 Å². The molecule has 0 saturated heterocycles. The van der Waals surface area contributed by atoms with Crippen LogP contribution < -0.4 is 10.6 Å². The van der Waals surface area contributed by atoms with Crippen molar-refractivity contribution in [3.8, 4) is 0 Å². The van der Waals surface area contributed by atoms with Crippen molar-refractivity contribution in [3.05, 3.63) is 71.8 Å². The Hall–Kier alpha value is -3.43. The van der Waals surface area contributed by atoms with Crippen LogP contribution in [0.1, 0.15) is 44.7 Å². The average molecular weight is 515 g/mol. The van der Waals surface area contributed by atoms with Gasteiger partial charge in [-0.3, -0.25) is 9.59 Å². The van der Waals surface area contributed by atoms with Crippen molar-refractivity contribution in [2.75, 3.05) is 20.3 Å². The second kappa shape index (κ2) is 15.6. The van der Waals surface area contributed by atoms with Crippen molar-refractivity contribution >= 4 is 18.0 Å². The van der Waals surface area contributed by atoms with Crippen LogP contribution >= 0.6 is 0 Å². The number of alkyl carbamates (subject to hydrolysis) is 1. The number of rotatable bonds is 14. The van der Waals surface area contributed by atoms with Crippen LogP contribution in [0.5, 0.6) is 0 Å². The van der Waals surface area contributed by atoms with Gasteiger partial charge in [-0.05, 0) is 31.9 Å². The Balaban J connectivity index is 1.96. The van der Waals surface area contributed by atoms with Crippen LogP contribution in [0.15, 0.2) is 60.7 Å². The molecule has 2 aromatic carbocycles. The number of carbonyl (C=O) groups excluding carboxylic acids is 3. The van der Waals surface area contributed by atoms with Crippen LogP contribution in [-0.2, 0) is 41.8 Å². The molecule has 202 valence electrons. The summed E-state index contributed by atoms with van der Waals surface area (Å²) in [5.74, 6) is -0.843. The molecule has 2 N–H and O–H groups in total. The number of benzene rings is 2. The molecule has 9 heteroatoms. The maximum Gasteiger partial charge on any atom is 0.407 e. The molecule has 0 radical (unpaired) electrons. The van der Waals surface area contributed by atoms with Gasteiger partial charge < -0.3 is 29.6 Å². The molecule has 0 fully saturated rings. The molecule has 9 nitrogen and oxygen atoms in total. The van der Waals surface area contributed by atoms with E-state index in [4.69, 9.17) is 18.9 Å². The minimum Gasteiger partial charge on any atom is -0.469 e. The molecular weight excluding hydrogens is 476 g/mol. The number of amides is 2. The van der Waals surface area contributed by atoms with Crippen LogP contribution in [0.4, 0.5) is 4.79 Å². The third kappa shape index (κ3) is 13.5. The molecule has 0 bridgehead atoms. The highest BCUT2D eigenvalue weighted by Gasteiger charge is 2.24. The predicted molar refractivity (Wildman–Crippen MR) is 139 cm³/mol. The van der Waals surface area contributed by atoms with Gasteiger partial charge in [0.25, 0.3) is 0 Å². The van der Waals surface area contributed by atoms with Gasteiger partial charge in [-0.25, -0.2) is 4.79 Å². The number of hydrogen-bond donors (Lipinski definition) is 2. The van der Waals surface area contributed by atoms with Gasteiger partial charge in [0.05, 0.1) is 52.0 Å². The highest BCUT2D eigenvalue weighted by molar-refractivity contribution is 5.79. The molecule has 2 rings (SSSR count). The van der Waals surface area contributed by atoms with E-state index in [-0.39, 0.29) is 32.0 Å². The van der Waals surface area contributed by atoms with Crippen molar-refractivity contribution < 1.29 is 33.3 Å². The monoisotopic (exact) mass is 514 g/mol. The third-order valence-electron chi connectivity index (χ3n) is 5.02. The molecule has 2 aromatic rings. The number of methoxy groups -OCH3 is 1. The fourth-order valence-electron chi connectivity index (χ4n) is 3.36. The highest BCUT2D eigenvalue weighted by Crippen LogP contribution is 2.09. The van der Waals surface area contributed by atoms with E-state index in [2.05, 4.69) is 10.6 Å². The van der Waals surface area contributed by atoms with Gasteiger partial charge in [-0.1, -0.05) is 60.7 Å². The third-order valence-corrected chi connectivity index (χ3v) is 5.02. The van der Waals surface area contributed by atoms with Gasteiger partial charge in [-0.15, -0.1) is 0 Å². The van der Waals surface area contributed by atoms with Gasteiger partial charge in [0.1, 0.15) is 5.60 Å². The first-order chi connectivity index (χ1) is 17.6. The zero-order valence-corrected chi connectivity index (χ0v) is 22.0. The van der Waals surface area contributed by atoms with Gasteiger partial charge in [0.2, 0.25) is 5.91 Å². The Labute approximate surface area is 218 Å². The van der Waals surface area contributed by atoms with Crippen LogP contribution in [0.2, 0.25) is 0 Å². The van der Waals surface area contributed by atoms with Gasteiger partial charge in [0, 0.05) is 6.42 Å². The zero-order chi connectivity index (χ0) is 27.1. The molecule has 2 atom stereocenters. The lowest BCUT2D eigenvalue weighted by atomic mass is 10.1. The maximum absolute atomic E-state index is 12.9. The SMILES string of the molecule is COC(=O)C[C@H](COCc1ccccc1)NC(=O)C[C@H](COCc1ccccc1)NC(=O)OC(C)(C)C. The lowest BCUT2D eigenvalue weighted by Crippen LogP contribution is -2.46. The molecule has 0 heterocycles. The number of carbonyl (C=O) groups is 3. The fourth-order valence-corrected chi connectivity index (χ4v) is 3.36. The number of hydrogen-bond acceptors (Lipinski definition) is 7. The van der Waals surface area contributed by atoms with E-state index in [0.29, 0.717) is 13.2 Å². The summed E-state index contributed by atoms with van der Waals surface area (Å²) in [4.78, 5) is 37.2. The summed E-state index contributed by atoms with van der Waals surface area (Å²) in [5, 5.41) is 5.53. The normalized spacial score (nSPS) is 12.8. The van der Waals surface area contributed by atoms with Crippen molar-refractivity contribution in [2.45, 2.75) is 64.5 Å². The Morgan fingerprint density at radius 2 is 1.24 bits per heavy atom. The summed E-state index contributed by atoms with van der Waals surface area (Å²) < 4.78 is 21.6. The molecule has 0 unspecified atom stereocenters. The molecule has 37 heavy (non-hydrogen) atoms. The summed E-state index contributed by atoms with van der Waals surface area (Å²) in [7, 11) is 1.29. The topological polar surface area (TPSA) is 112 Å². The quantitative estimate of drug-likeness (QED) is 0.369. The van der Waals surface area contributed by atoms with Gasteiger partial charge >= 0.3 is 12.1 Å². The minimum atomic E-state index is -0.691. The molecule has 0 spiro atoms. The van der Waals surface area contributed by atoms with E-state index < -0.39 is 29.7 Å². The second-order valence-corrected chi connectivity index (χ2v) is 9.59. The van der Waals surface area contributed by atoms with Gasteiger partial charge in [0.15, 0.2) is 0 Å². The second-order valence-electron chi connectivity index (χ2n) is 9.59. The molecular formula is C28H38N2O7. The summed E-state index contributed by atoms with van der Waals surface area (Å²) in [6, 6.07) is 17.9. The molecule has 2 amide bonds. The minimum absolute atomic E-state index is 0.0499. The molecule has 0 aliphatic rings. The van der Waals surface area contributed by atoms with E-state index in [1.54, 1.807) is 20.8 Å². The van der Waals surface area contributed by atoms with E-state index in [1.165, 1.54) is 7.11 Å². The summed E-state index contributed by atoms with van der Waals surface area (Å²) >= 11 is 0. The van der Waals surface area contributed by atoms with Crippen molar-refractivity contribution in [1.82, 2.24) is 10.6 Å². The Morgan fingerprint density at radius 3 is 1.70 bits per heavy atom. The first-order valence-corrected chi connectivity index (χ1v) is 12.2. The fraction of sp³-hybridized carbons (Fsp3) is 0.464. The number of esters is 1. The molecule has 0 saturated carbocycles. The average Bonchev–Trinajstić information content (AvgIpc) is 2.84. The van der Waals surface area contributed by atoms with Crippen LogP contribution in [0, 0.1) is 0 Å². The van der Waals surface area contributed by atoms with Crippen molar-refractivity contribution in [1.29, 1.82) is 0 Å². The lowest BCUT2D eigenvalue weighted by molar-refractivity contribution is -0.141. The summed E-state index contributed by atoms with van der Waals surface area (Å²) in [5.41, 5.74) is 1.25. The molecule has 0 aromatic heterocycles. The lowest BCUT2D eigenvalue weighted by Gasteiger charge is -2.24. The first kappa shape index (κ1) is 29.8. The van der Waals surface area contributed by atoms with E-state index >= 15 is 0 Å². The van der Waals surface area contributed by atoms with E-state index in [1.807, 2.05) is 60.7 Å². The van der Waals surface area contributed by atoms with Gasteiger partial charge in [-0.2, -0.15) is 0 Å². The molecule has 0 aliphatic carbocycles. The number of nitrogens with one attached hydrogen (secondary N) is 2. The van der Waals surface area contributed by atoms with E-state index in [0.717, 1.165) is 11.1 Å². The largest absolute Gasteiger partial charge is 0.469 e. The standard InChI is InChI=1S/C28H38N2O7/c1-28(2,3)37-27(33)30-23(19-35-17-21-11-7-5-8-12-21)15-25(31)29-24(16-26(32)34-4)20-36-18-22-13-9-6-10-14-22/h5-14,23-24H,15-20H2,1-4H3,(H,29,31)(H,30,33)/t23-,24-/m1/s1. The summed E-state index contributed by atoms with van der Waals surface area (Å²) in [6.07, 6.45) is -0.776. The zero-order valence-electron chi connectivity index (χ0n) is 22.0. The van der Waals surface area contributed by atoms with Crippen molar-refractivity contribution in [3.63, 3.8) is 0 Å². The Morgan fingerprint density at radius 1 is 0.757 bits per heavy atom. The number of ether oxygens (including phenoxy) is 4. The van der Waals surface area contributed by atoms with E-state index in [9.17, 15) is 14.4 Å². The van der Waals surface area contributed by atoms with Crippen LogP contribution in [0.25, 0.3) is 0 Å². The Kier molecular flexibility index (Phi) is 12.6. The smallest absolute Gasteiger partial charge is 0.407 e. The summed E-state index contributed by atoms with van der Waals surface area (Å²) in [6.45, 7) is 6.14. The maximum atomic E-state index is 12.9. The first-order valence-electron chi connectivity index (χ1n) is 12.2. The van der Waals surface area contributed by atoms with Crippen molar-refractivity contribution in [2.24, 2.45) is 0 Å². The Bertz CT molecular complexity index is 962. The predicted octanol–water partition coefficient (Wildman–Crippen LogP) is 3.75.